The van der Waals surface area contributed by atoms with Crippen molar-refractivity contribution in [1.29, 1.82) is 0 Å². The number of ether oxygens (including phenoxy) is 1. The quantitative estimate of drug-likeness (QED) is 0.816. The lowest BCUT2D eigenvalue weighted by atomic mass is 10.1. The van der Waals surface area contributed by atoms with Crippen LogP contribution >= 0.6 is 0 Å². The second kappa shape index (κ2) is 5.31. The Labute approximate surface area is 104 Å². The fraction of sp³-hybridized carbons (Fsp3) is 0.250. The first-order chi connectivity index (χ1) is 8.69. The molecule has 1 heterocycles. The highest BCUT2D eigenvalue weighted by Crippen LogP contribution is 2.08. The standard InChI is InChI=1S/C12H14N4O2/c1-2-18-11(17)10-5-3-4-9(6-10)7-16-8-14-12(13)15-16/h3-6,8H,2,7H2,1H3,(H2,13,15). The van der Waals surface area contributed by atoms with Crippen LogP contribution in [-0.4, -0.2) is 27.3 Å². The molecule has 0 unspecified atom stereocenters. The average Bonchev–Trinajstić information content (AvgIpc) is 2.75. The van der Waals surface area contributed by atoms with Gasteiger partial charge in [0.15, 0.2) is 0 Å². The molecule has 6 heteroatoms. The zero-order valence-electron chi connectivity index (χ0n) is 10.0. The van der Waals surface area contributed by atoms with Crippen LogP contribution in [0.2, 0.25) is 0 Å². The molecule has 0 aliphatic rings. The molecule has 94 valence electrons. The Kier molecular flexibility index (Phi) is 3.57. The molecule has 1 aromatic carbocycles. The van der Waals surface area contributed by atoms with E-state index in [0.717, 1.165) is 5.56 Å². The van der Waals surface area contributed by atoms with Crippen molar-refractivity contribution in [2.75, 3.05) is 12.3 Å². The zero-order valence-corrected chi connectivity index (χ0v) is 10.0. The van der Waals surface area contributed by atoms with Crippen molar-refractivity contribution in [3.8, 4) is 0 Å². The van der Waals surface area contributed by atoms with Crippen LogP contribution in [-0.2, 0) is 11.3 Å². The number of benzene rings is 1. The van der Waals surface area contributed by atoms with Crippen molar-refractivity contribution in [2.45, 2.75) is 13.5 Å². The van der Waals surface area contributed by atoms with Gasteiger partial charge < -0.3 is 10.5 Å². The van der Waals surface area contributed by atoms with Crippen LogP contribution in [0.5, 0.6) is 0 Å². The molecule has 2 aromatic rings. The summed E-state index contributed by atoms with van der Waals surface area (Å²) in [6.07, 6.45) is 1.55. The molecule has 1 aromatic heterocycles. The lowest BCUT2D eigenvalue weighted by molar-refractivity contribution is 0.0526. The number of rotatable bonds is 4. The van der Waals surface area contributed by atoms with E-state index in [1.165, 1.54) is 0 Å². The molecule has 2 rings (SSSR count). The zero-order chi connectivity index (χ0) is 13.0. The Morgan fingerprint density at radius 2 is 2.33 bits per heavy atom. The molecule has 0 aliphatic carbocycles. The maximum atomic E-state index is 11.6. The number of nitrogen functional groups attached to an aromatic ring is 1. The average molecular weight is 246 g/mol. The van der Waals surface area contributed by atoms with Gasteiger partial charge in [0.2, 0.25) is 5.95 Å². The van der Waals surface area contributed by atoms with Gasteiger partial charge in [-0.3, -0.25) is 0 Å². The van der Waals surface area contributed by atoms with Crippen LogP contribution in [0.15, 0.2) is 30.6 Å². The first-order valence-electron chi connectivity index (χ1n) is 5.60. The third-order valence-electron chi connectivity index (χ3n) is 2.34. The lowest BCUT2D eigenvalue weighted by Crippen LogP contribution is -2.06. The Bertz CT molecular complexity index is 551. The van der Waals surface area contributed by atoms with Gasteiger partial charge >= 0.3 is 5.97 Å². The maximum absolute atomic E-state index is 11.6. The van der Waals surface area contributed by atoms with Gasteiger partial charge in [0.1, 0.15) is 6.33 Å². The summed E-state index contributed by atoms with van der Waals surface area (Å²) in [5.74, 6) is -0.0889. The number of hydrogen-bond donors (Lipinski definition) is 1. The highest BCUT2D eigenvalue weighted by atomic mass is 16.5. The van der Waals surface area contributed by atoms with Crippen LogP contribution in [0.1, 0.15) is 22.8 Å². The van der Waals surface area contributed by atoms with E-state index >= 15 is 0 Å². The molecule has 0 aliphatic heterocycles. The molecule has 0 saturated carbocycles. The largest absolute Gasteiger partial charge is 0.462 e. The van der Waals surface area contributed by atoms with Gasteiger partial charge in [0.25, 0.3) is 0 Å². The summed E-state index contributed by atoms with van der Waals surface area (Å²) in [6, 6.07) is 7.20. The van der Waals surface area contributed by atoms with E-state index in [-0.39, 0.29) is 11.9 Å². The highest BCUT2D eigenvalue weighted by Gasteiger charge is 2.07. The monoisotopic (exact) mass is 246 g/mol. The van der Waals surface area contributed by atoms with E-state index in [0.29, 0.717) is 18.7 Å². The minimum absolute atomic E-state index is 0.233. The molecule has 0 radical (unpaired) electrons. The summed E-state index contributed by atoms with van der Waals surface area (Å²) >= 11 is 0. The lowest BCUT2D eigenvalue weighted by Gasteiger charge is -2.05. The summed E-state index contributed by atoms with van der Waals surface area (Å²) in [6.45, 7) is 2.65. The van der Waals surface area contributed by atoms with E-state index in [4.69, 9.17) is 10.5 Å². The number of carbonyl (C=O) groups is 1. The summed E-state index contributed by atoms with van der Waals surface area (Å²) in [7, 11) is 0. The fourth-order valence-corrected chi connectivity index (χ4v) is 1.58. The van der Waals surface area contributed by atoms with E-state index in [1.54, 1.807) is 30.1 Å². The predicted octanol–water partition coefficient (Wildman–Crippen LogP) is 1.09. The predicted molar refractivity (Wildman–Crippen MR) is 65.9 cm³/mol. The first kappa shape index (κ1) is 12.1. The number of aromatic nitrogens is 3. The minimum atomic E-state index is -0.322. The topological polar surface area (TPSA) is 83.0 Å². The van der Waals surface area contributed by atoms with Crippen LogP contribution < -0.4 is 5.73 Å². The van der Waals surface area contributed by atoms with Crippen molar-refractivity contribution in [1.82, 2.24) is 14.8 Å². The second-order valence-corrected chi connectivity index (χ2v) is 3.72. The van der Waals surface area contributed by atoms with Crippen LogP contribution in [0.3, 0.4) is 0 Å². The smallest absolute Gasteiger partial charge is 0.338 e. The summed E-state index contributed by atoms with van der Waals surface area (Å²) < 4.78 is 6.55. The third-order valence-corrected chi connectivity index (χ3v) is 2.34. The second-order valence-electron chi connectivity index (χ2n) is 3.72. The van der Waals surface area contributed by atoms with Gasteiger partial charge in [-0.2, -0.15) is 0 Å². The number of nitrogens with two attached hydrogens (primary N) is 1. The SMILES string of the molecule is CCOC(=O)c1cccc(Cn2cnc(N)n2)c1. The van der Waals surface area contributed by atoms with E-state index in [9.17, 15) is 4.79 Å². The first-order valence-corrected chi connectivity index (χ1v) is 5.60. The van der Waals surface area contributed by atoms with E-state index in [2.05, 4.69) is 10.1 Å². The number of nitrogens with zero attached hydrogens (tertiary/aromatic N) is 3. The number of carbonyl (C=O) groups excluding carboxylic acids is 1. The van der Waals surface area contributed by atoms with Crippen molar-refractivity contribution in [2.24, 2.45) is 0 Å². The van der Waals surface area contributed by atoms with Gasteiger partial charge in [0.05, 0.1) is 18.7 Å². The Balaban J connectivity index is 2.14. The van der Waals surface area contributed by atoms with Gasteiger partial charge in [-0.1, -0.05) is 12.1 Å². The molecule has 0 spiro atoms. The van der Waals surface area contributed by atoms with Gasteiger partial charge in [0, 0.05) is 0 Å². The molecular formula is C12H14N4O2. The molecule has 6 nitrogen and oxygen atoms in total. The molecule has 0 atom stereocenters. The Hall–Kier alpha value is -2.37. The van der Waals surface area contributed by atoms with Crippen molar-refractivity contribution in [3.63, 3.8) is 0 Å². The van der Waals surface area contributed by atoms with E-state index in [1.807, 2.05) is 12.1 Å². The third kappa shape index (κ3) is 2.85. The summed E-state index contributed by atoms with van der Waals surface area (Å²) in [5, 5.41) is 3.98. The number of hydrogen-bond acceptors (Lipinski definition) is 5. The molecule has 0 bridgehead atoms. The van der Waals surface area contributed by atoms with Crippen molar-refractivity contribution < 1.29 is 9.53 Å². The fourth-order valence-electron chi connectivity index (χ4n) is 1.58. The molecule has 18 heavy (non-hydrogen) atoms. The number of esters is 1. The maximum Gasteiger partial charge on any atom is 0.338 e. The van der Waals surface area contributed by atoms with Crippen LogP contribution in [0, 0.1) is 0 Å². The minimum Gasteiger partial charge on any atom is -0.462 e. The van der Waals surface area contributed by atoms with Gasteiger partial charge in [-0.25, -0.2) is 14.5 Å². The summed E-state index contributed by atoms with van der Waals surface area (Å²) in [4.78, 5) is 15.4. The summed E-state index contributed by atoms with van der Waals surface area (Å²) in [5.41, 5.74) is 6.90. The molecule has 2 N–H and O–H groups in total. The molecular weight excluding hydrogens is 232 g/mol. The normalized spacial score (nSPS) is 10.3. The molecule has 0 saturated heterocycles. The van der Waals surface area contributed by atoms with Crippen LogP contribution in [0.25, 0.3) is 0 Å². The Morgan fingerprint density at radius 1 is 1.50 bits per heavy atom. The Morgan fingerprint density at radius 3 is 3.00 bits per heavy atom. The van der Waals surface area contributed by atoms with Crippen molar-refractivity contribution >= 4 is 11.9 Å². The van der Waals surface area contributed by atoms with Crippen molar-refractivity contribution in [3.05, 3.63) is 41.7 Å². The number of anilines is 1. The van der Waals surface area contributed by atoms with Gasteiger partial charge in [-0.05, 0) is 24.6 Å². The molecule has 0 amide bonds. The molecule has 0 fully saturated rings. The highest BCUT2D eigenvalue weighted by molar-refractivity contribution is 5.89. The van der Waals surface area contributed by atoms with Crippen LogP contribution in [0.4, 0.5) is 5.95 Å². The van der Waals surface area contributed by atoms with Gasteiger partial charge in [-0.15, -0.1) is 5.10 Å². The van der Waals surface area contributed by atoms with E-state index < -0.39 is 0 Å².